The zero-order valence-electron chi connectivity index (χ0n) is 12.2. The fourth-order valence-corrected chi connectivity index (χ4v) is 3.98. The number of fused-ring (bicyclic) bond motifs is 5. The van der Waals surface area contributed by atoms with E-state index in [1.807, 2.05) is 10.6 Å². The predicted octanol–water partition coefficient (Wildman–Crippen LogP) is 3.20. The number of nitrogens with zero attached hydrogens (tertiary/aromatic N) is 4. The highest BCUT2D eigenvalue weighted by Gasteiger charge is 2.32. The molecule has 0 bridgehead atoms. The Morgan fingerprint density at radius 3 is 2.91 bits per heavy atom. The Morgan fingerprint density at radius 2 is 2.04 bits per heavy atom. The Hall–Kier alpha value is -2.18. The first-order chi connectivity index (χ1) is 11.3. The molecule has 5 nitrogen and oxygen atoms in total. The van der Waals surface area contributed by atoms with Crippen LogP contribution in [-0.4, -0.2) is 26.4 Å². The summed E-state index contributed by atoms with van der Waals surface area (Å²) in [6, 6.07) is 12.6. The minimum Gasteiger partial charge on any atom is -0.388 e. The number of hydrogen-bond acceptors (Lipinski definition) is 4. The van der Waals surface area contributed by atoms with E-state index in [9.17, 15) is 5.11 Å². The molecule has 23 heavy (non-hydrogen) atoms. The van der Waals surface area contributed by atoms with Gasteiger partial charge in [-0.05, 0) is 36.2 Å². The van der Waals surface area contributed by atoms with Gasteiger partial charge in [-0.1, -0.05) is 28.1 Å². The van der Waals surface area contributed by atoms with Crippen LogP contribution >= 0.6 is 15.9 Å². The molecular weight excluding hydrogens is 356 g/mol. The van der Waals surface area contributed by atoms with Crippen molar-refractivity contribution in [1.82, 2.24) is 14.8 Å². The third kappa shape index (κ3) is 1.70. The van der Waals surface area contributed by atoms with Crippen molar-refractivity contribution < 1.29 is 5.11 Å². The molecule has 2 aliphatic rings. The van der Waals surface area contributed by atoms with Crippen molar-refractivity contribution in [2.45, 2.75) is 13.0 Å². The zero-order valence-corrected chi connectivity index (χ0v) is 13.8. The quantitative estimate of drug-likeness (QED) is 0.716. The van der Waals surface area contributed by atoms with Crippen molar-refractivity contribution in [2.24, 2.45) is 0 Å². The zero-order chi connectivity index (χ0) is 15.6. The molecule has 0 unspecified atom stereocenters. The van der Waals surface area contributed by atoms with E-state index in [1.165, 1.54) is 11.3 Å². The van der Waals surface area contributed by atoms with Gasteiger partial charge in [0.25, 0.3) is 0 Å². The van der Waals surface area contributed by atoms with Crippen molar-refractivity contribution in [1.29, 1.82) is 0 Å². The lowest BCUT2D eigenvalue weighted by atomic mass is 10.1. The van der Waals surface area contributed by atoms with E-state index in [0.717, 1.165) is 40.2 Å². The molecule has 2 aromatic carbocycles. The molecule has 5 rings (SSSR count). The smallest absolute Gasteiger partial charge is 0.170 e. The van der Waals surface area contributed by atoms with Crippen molar-refractivity contribution in [3.05, 3.63) is 52.3 Å². The molecule has 6 heteroatoms. The number of anilines is 2. The normalized spacial score (nSPS) is 14.3. The molecule has 2 aliphatic heterocycles. The van der Waals surface area contributed by atoms with Crippen LogP contribution in [0.3, 0.4) is 0 Å². The number of hydrogen-bond donors (Lipinski definition) is 1. The minimum atomic E-state index is -0.145. The van der Waals surface area contributed by atoms with E-state index in [4.69, 9.17) is 0 Å². The highest BCUT2D eigenvalue weighted by atomic mass is 79.9. The van der Waals surface area contributed by atoms with Crippen molar-refractivity contribution in [3.8, 4) is 17.1 Å². The fraction of sp³-hybridized carbons (Fsp3) is 0.176. The van der Waals surface area contributed by atoms with E-state index >= 15 is 0 Å². The minimum absolute atomic E-state index is 0.145. The molecule has 0 aliphatic carbocycles. The van der Waals surface area contributed by atoms with Gasteiger partial charge in [0, 0.05) is 16.6 Å². The maximum absolute atomic E-state index is 9.70. The summed E-state index contributed by atoms with van der Waals surface area (Å²) in [5, 5.41) is 18.3. The number of rotatable bonds is 1. The summed E-state index contributed by atoms with van der Waals surface area (Å²) in [6.07, 6.45) is 1.03. The summed E-state index contributed by atoms with van der Waals surface area (Å²) in [5.41, 5.74) is 5.73. The van der Waals surface area contributed by atoms with Gasteiger partial charge >= 0.3 is 0 Å². The second kappa shape index (κ2) is 4.66. The average Bonchev–Trinajstić information content (AvgIpc) is 3.15. The van der Waals surface area contributed by atoms with Gasteiger partial charge in [0.15, 0.2) is 11.6 Å². The predicted molar refractivity (Wildman–Crippen MR) is 91.1 cm³/mol. The highest BCUT2D eigenvalue weighted by Crippen LogP contribution is 2.47. The van der Waals surface area contributed by atoms with Crippen LogP contribution in [0.1, 0.15) is 11.4 Å². The van der Waals surface area contributed by atoms with Gasteiger partial charge in [0.1, 0.15) is 6.61 Å². The fourth-order valence-electron chi connectivity index (χ4n) is 3.63. The van der Waals surface area contributed by atoms with E-state index in [1.54, 1.807) is 0 Å². The lowest BCUT2D eigenvalue weighted by Crippen LogP contribution is -2.15. The van der Waals surface area contributed by atoms with Crippen LogP contribution in [0, 0.1) is 0 Å². The molecular formula is C17H13BrN4O. The Labute approximate surface area is 141 Å². The largest absolute Gasteiger partial charge is 0.388 e. The summed E-state index contributed by atoms with van der Waals surface area (Å²) in [7, 11) is 0. The Bertz CT molecular complexity index is 950. The second-order valence-corrected chi connectivity index (χ2v) is 6.70. The van der Waals surface area contributed by atoms with Gasteiger partial charge in [-0.15, -0.1) is 10.2 Å². The summed E-state index contributed by atoms with van der Waals surface area (Å²) >= 11 is 3.56. The van der Waals surface area contributed by atoms with Crippen molar-refractivity contribution in [2.75, 3.05) is 11.4 Å². The maximum Gasteiger partial charge on any atom is 0.170 e. The summed E-state index contributed by atoms with van der Waals surface area (Å²) in [5.74, 6) is 1.34. The molecule has 1 aromatic heterocycles. The first-order valence-corrected chi connectivity index (χ1v) is 8.32. The molecule has 0 spiro atoms. The van der Waals surface area contributed by atoms with Gasteiger partial charge in [0.2, 0.25) is 0 Å². The third-order valence-corrected chi connectivity index (χ3v) is 5.07. The van der Waals surface area contributed by atoms with Gasteiger partial charge in [0.05, 0.1) is 17.1 Å². The molecule has 0 atom stereocenters. The van der Waals surface area contributed by atoms with Crippen LogP contribution in [-0.2, 0) is 13.0 Å². The molecule has 0 fully saturated rings. The standard InChI is InChI=1S/C17H13BrN4O/c18-11-4-5-13-14(8-11)22-15(9-23)19-20-17(22)12-3-1-2-10-6-7-21(13)16(10)12/h1-5,8,23H,6-7,9H2. The summed E-state index contributed by atoms with van der Waals surface area (Å²) in [6.45, 7) is 0.807. The molecule has 114 valence electrons. The van der Waals surface area contributed by atoms with E-state index in [-0.39, 0.29) is 6.61 Å². The maximum atomic E-state index is 9.70. The summed E-state index contributed by atoms with van der Waals surface area (Å²) < 4.78 is 2.96. The number of benzene rings is 2. The lowest BCUT2D eigenvalue weighted by molar-refractivity contribution is 0.269. The average molecular weight is 369 g/mol. The third-order valence-electron chi connectivity index (χ3n) is 4.58. The monoisotopic (exact) mass is 368 g/mol. The van der Waals surface area contributed by atoms with Crippen LogP contribution in [0.4, 0.5) is 11.4 Å². The van der Waals surface area contributed by atoms with E-state index < -0.39 is 0 Å². The van der Waals surface area contributed by atoms with Crippen molar-refractivity contribution >= 4 is 27.3 Å². The molecule has 0 radical (unpaired) electrons. The lowest BCUT2D eigenvalue weighted by Gasteiger charge is -2.22. The number of para-hydroxylation sites is 1. The number of halogens is 1. The molecule has 0 amide bonds. The van der Waals surface area contributed by atoms with Crippen LogP contribution in [0.5, 0.6) is 0 Å². The number of aromatic nitrogens is 3. The van der Waals surface area contributed by atoms with Crippen LogP contribution in [0.25, 0.3) is 17.1 Å². The first-order valence-electron chi connectivity index (χ1n) is 7.53. The van der Waals surface area contributed by atoms with Crippen molar-refractivity contribution in [3.63, 3.8) is 0 Å². The summed E-state index contributed by atoms with van der Waals surface area (Å²) in [4.78, 5) is 2.35. The van der Waals surface area contributed by atoms with Crippen LogP contribution in [0.2, 0.25) is 0 Å². The van der Waals surface area contributed by atoms with E-state index in [2.05, 4.69) is 61.4 Å². The second-order valence-electron chi connectivity index (χ2n) is 5.78. The van der Waals surface area contributed by atoms with Gasteiger partial charge < -0.3 is 10.0 Å². The molecule has 3 heterocycles. The molecule has 0 saturated heterocycles. The van der Waals surface area contributed by atoms with Crippen LogP contribution in [0.15, 0.2) is 40.9 Å². The van der Waals surface area contributed by atoms with Gasteiger partial charge in [-0.2, -0.15) is 0 Å². The van der Waals surface area contributed by atoms with E-state index in [0.29, 0.717) is 5.82 Å². The van der Waals surface area contributed by atoms with Gasteiger partial charge in [-0.3, -0.25) is 4.57 Å². The number of aliphatic hydroxyl groups excluding tert-OH is 1. The topological polar surface area (TPSA) is 54.2 Å². The Balaban J connectivity index is 1.96. The Kier molecular flexibility index (Phi) is 2.69. The number of aliphatic hydroxyl groups is 1. The van der Waals surface area contributed by atoms with Crippen LogP contribution < -0.4 is 4.90 Å². The first kappa shape index (κ1) is 13.3. The highest BCUT2D eigenvalue weighted by molar-refractivity contribution is 9.10. The SMILES string of the molecule is OCc1nnc2n1-c1cc(Br)ccc1N1CCc3cccc-2c31. The Morgan fingerprint density at radius 1 is 1.13 bits per heavy atom. The van der Waals surface area contributed by atoms with Gasteiger partial charge in [-0.25, -0.2) is 0 Å². The molecule has 1 N–H and O–H groups in total. The molecule has 3 aromatic rings. The molecule has 0 saturated carbocycles.